The Kier molecular flexibility index (Phi) is 7.67. The van der Waals surface area contributed by atoms with E-state index in [4.69, 9.17) is 0 Å². The molecule has 0 bridgehead atoms. The first-order valence-corrected chi connectivity index (χ1v) is 18.5. The number of fused-ring (bicyclic) bond motifs is 5. The van der Waals surface area contributed by atoms with Gasteiger partial charge in [0, 0.05) is 16.5 Å². The molecule has 1 heterocycles. The number of aromatic nitrogens is 1. The van der Waals surface area contributed by atoms with Crippen LogP contribution in [0.4, 0.5) is 0 Å². The van der Waals surface area contributed by atoms with Crippen molar-refractivity contribution >= 4 is 66.5 Å². The summed E-state index contributed by atoms with van der Waals surface area (Å²) in [5.74, 6) is 0. The Labute approximate surface area is 307 Å². The number of aryl methyl sites for hydroxylation is 6. The number of hydrogen-bond donors (Lipinski definition) is 0. The molecule has 8 aromatic carbocycles. The smallest absolute Gasteiger partial charge is 0.244 e. The van der Waals surface area contributed by atoms with E-state index in [1.165, 1.54) is 110 Å². The third-order valence-corrected chi connectivity index (χ3v) is 11.3. The van der Waals surface area contributed by atoms with Gasteiger partial charge in [-0.3, -0.25) is 0 Å². The van der Waals surface area contributed by atoms with Gasteiger partial charge in [0.25, 0.3) is 0 Å². The quantitative estimate of drug-likeness (QED) is 0.127. The highest BCUT2D eigenvalue weighted by Crippen LogP contribution is 2.38. The zero-order valence-corrected chi connectivity index (χ0v) is 30.9. The topological polar surface area (TPSA) is 4.93 Å². The Morgan fingerprint density at radius 2 is 0.731 bits per heavy atom. The predicted octanol–water partition coefficient (Wildman–Crippen LogP) is 11.1. The van der Waals surface area contributed by atoms with Crippen LogP contribution in [0.2, 0.25) is 0 Å². The Bertz CT molecular complexity index is 2640. The lowest BCUT2D eigenvalue weighted by Crippen LogP contribution is -2.56. The van der Waals surface area contributed by atoms with E-state index in [0.717, 1.165) is 0 Å². The zero-order valence-electron chi connectivity index (χ0n) is 30.9. The summed E-state index contributed by atoms with van der Waals surface area (Å²) >= 11 is 0. The normalized spacial score (nSPS) is 11.7. The Balaban J connectivity index is 1.32. The number of nitrogens with zero attached hydrogens (tertiary/aromatic N) is 1. The van der Waals surface area contributed by atoms with Crippen molar-refractivity contribution in [1.29, 1.82) is 0 Å². The average molecular weight is 668 g/mol. The van der Waals surface area contributed by atoms with Crippen molar-refractivity contribution < 1.29 is 0 Å². The minimum Gasteiger partial charge on any atom is -0.309 e. The van der Waals surface area contributed by atoms with E-state index in [1.54, 1.807) is 0 Å². The highest BCUT2D eigenvalue weighted by atomic mass is 15.0. The lowest BCUT2D eigenvalue weighted by molar-refractivity contribution is 1.18. The minimum atomic E-state index is 0.0720. The van der Waals surface area contributed by atoms with Gasteiger partial charge in [-0.25, -0.2) is 0 Å². The summed E-state index contributed by atoms with van der Waals surface area (Å²) in [4.78, 5) is 0. The van der Waals surface area contributed by atoms with E-state index in [2.05, 4.69) is 192 Å². The molecule has 0 N–H and O–H groups in total. The van der Waals surface area contributed by atoms with Gasteiger partial charge < -0.3 is 4.57 Å². The van der Waals surface area contributed by atoms with Crippen molar-refractivity contribution in [3.63, 3.8) is 0 Å². The average Bonchev–Trinajstić information content (AvgIpc) is 3.47. The Hall–Kier alpha value is -5.86. The number of hydrogen-bond acceptors (Lipinski definition) is 0. The third kappa shape index (κ3) is 5.00. The van der Waals surface area contributed by atoms with Crippen molar-refractivity contribution in [1.82, 2.24) is 4.57 Å². The summed E-state index contributed by atoms with van der Waals surface area (Å²) < 4.78 is 2.40. The molecule has 2 heteroatoms. The molecule has 0 spiro atoms. The zero-order chi connectivity index (χ0) is 35.7. The van der Waals surface area contributed by atoms with Gasteiger partial charge in [-0.1, -0.05) is 171 Å². The fraction of sp³-hybridized carbons (Fsp3) is 0.120. The number of para-hydroxylation sites is 2. The first-order chi connectivity index (χ1) is 25.3. The van der Waals surface area contributed by atoms with E-state index in [-0.39, 0.29) is 6.71 Å². The van der Waals surface area contributed by atoms with Gasteiger partial charge in [0.15, 0.2) is 0 Å². The predicted molar refractivity (Wildman–Crippen MR) is 227 cm³/mol. The van der Waals surface area contributed by atoms with Crippen molar-refractivity contribution in [2.75, 3.05) is 0 Å². The molecule has 1 aromatic heterocycles. The van der Waals surface area contributed by atoms with Gasteiger partial charge in [-0.2, -0.15) is 0 Å². The first kappa shape index (κ1) is 32.1. The Morgan fingerprint density at radius 3 is 1.15 bits per heavy atom. The van der Waals surface area contributed by atoms with E-state index in [1.807, 2.05) is 0 Å². The van der Waals surface area contributed by atoms with Gasteiger partial charge in [0.2, 0.25) is 6.71 Å². The van der Waals surface area contributed by atoms with E-state index in [9.17, 15) is 0 Å². The molecule has 52 heavy (non-hydrogen) atoms. The summed E-state index contributed by atoms with van der Waals surface area (Å²) in [6.07, 6.45) is 0. The molecule has 0 aliphatic carbocycles. The van der Waals surface area contributed by atoms with Gasteiger partial charge in [-0.05, 0) is 98.5 Å². The summed E-state index contributed by atoms with van der Waals surface area (Å²) in [6, 6.07) is 54.4. The maximum absolute atomic E-state index is 2.40. The second kappa shape index (κ2) is 12.4. The molecule has 1 nitrogen and oxygen atoms in total. The molecule has 0 atom stereocenters. The summed E-state index contributed by atoms with van der Waals surface area (Å²) in [5.41, 5.74) is 18.4. The molecule has 0 unspecified atom stereocenters. The molecule has 0 aliphatic heterocycles. The van der Waals surface area contributed by atoms with Gasteiger partial charge >= 0.3 is 0 Å². The molecule has 0 radical (unpaired) electrons. The van der Waals surface area contributed by atoms with Crippen LogP contribution in [-0.4, -0.2) is 11.3 Å². The molecule has 0 fully saturated rings. The van der Waals surface area contributed by atoms with Crippen LogP contribution in [0.5, 0.6) is 0 Å². The van der Waals surface area contributed by atoms with E-state index >= 15 is 0 Å². The summed E-state index contributed by atoms with van der Waals surface area (Å²) in [6.45, 7) is 13.7. The van der Waals surface area contributed by atoms with E-state index < -0.39 is 0 Å². The van der Waals surface area contributed by atoms with Crippen LogP contribution in [0.15, 0.2) is 146 Å². The van der Waals surface area contributed by atoms with Crippen molar-refractivity contribution in [2.45, 2.75) is 41.5 Å². The van der Waals surface area contributed by atoms with Gasteiger partial charge in [-0.15, -0.1) is 0 Å². The number of benzene rings is 8. The van der Waals surface area contributed by atoms with Crippen LogP contribution < -0.4 is 16.4 Å². The lowest BCUT2D eigenvalue weighted by atomic mass is 9.33. The third-order valence-electron chi connectivity index (χ3n) is 11.3. The van der Waals surface area contributed by atoms with Crippen LogP contribution >= 0.6 is 0 Å². The van der Waals surface area contributed by atoms with Crippen molar-refractivity contribution in [2.24, 2.45) is 0 Å². The van der Waals surface area contributed by atoms with Crippen molar-refractivity contribution in [3.05, 3.63) is 179 Å². The highest BCUT2D eigenvalue weighted by molar-refractivity contribution is 6.99. The van der Waals surface area contributed by atoms with E-state index in [0.29, 0.717) is 0 Å². The highest BCUT2D eigenvalue weighted by Gasteiger charge is 2.32. The van der Waals surface area contributed by atoms with Crippen LogP contribution in [0.25, 0.3) is 60.2 Å². The fourth-order valence-electron chi connectivity index (χ4n) is 9.49. The lowest BCUT2D eigenvalue weighted by Gasteiger charge is -2.28. The summed E-state index contributed by atoms with van der Waals surface area (Å²) in [7, 11) is 0. The fourth-order valence-corrected chi connectivity index (χ4v) is 9.49. The van der Waals surface area contributed by atoms with Crippen LogP contribution in [-0.2, 0) is 0 Å². The molecule has 0 aliphatic rings. The maximum Gasteiger partial charge on any atom is 0.244 e. The SMILES string of the molecule is Cc1cc(C)c(B(c2c(C)cc(C)cc2C)c2c3ccccc3c(-c3ccc(-n4c5ccccc5c5ccccc54)cc3)c3ccccc23)c(C)c1. The largest absolute Gasteiger partial charge is 0.309 e. The molecule has 0 saturated carbocycles. The van der Waals surface area contributed by atoms with Crippen LogP contribution in [0.1, 0.15) is 33.4 Å². The molecular formula is C50H42BN. The first-order valence-electron chi connectivity index (χ1n) is 18.5. The molecule has 9 aromatic rings. The van der Waals surface area contributed by atoms with Gasteiger partial charge in [0.05, 0.1) is 11.0 Å². The molecule has 9 rings (SSSR count). The second-order valence-electron chi connectivity index (χ2n) is 14.9. The Morgan fingerprint density at radius 1 is 0.365 bits per heavy atom. The second-order valence-corrected chi connectivity index (χ2v) is 14.9. The molecular weight excluding hydrogens is 625 g/mol. The summed E-state index contributed by atoms with van der Waals surface area (Å²) in [5, 5.41) is 7.76. The minimum absolute atomic E-state index is 0.0720. The molecule has 0 saturated heterocycles. The van der Waals surface area contributed by atoms with Crippen molar-refractivity contribution in [3.8, 4) is 16.8 Å². The number of rotatable bonds is 5. The molecule has 0 amide bonds. The maximum atomic E-state index is 2.40. The van der Waals surface area contributed by atoms with Gasteiger partial charge in [0.1, 0.15) is 0 Å². The van der Waals surface area contributed by atoms with Crippen LogP contribution in [0, 0.1) is 41.5 Å². The monoisotopic (exact) mass is 667 g/mol. The standard InChI is InChI=1S/C50H42BN/c1-31-27-33(3)48(34(4)28-31)51(49-35(5)29-32(2)30-36(49)6)50-43-19-9-7-17-41(43)47(42-18-8-10-20-44(42)50)37-23-25-38(26-24-37)52-45-21-13-11-15-39(45)40-16-12-14-22-46(40)52/h7-30H,1-6H3. The molecule has 250 valence electrons. The van der Waals surface area contributed by atoms with Crippen LogP contribution in [0.3, 0.4) is 0 Å².